The van der Waals surface area contributed by atoms with Gasteiger partial charge in [-0.1, -0.05) is 17.4 Å². The van der Waals surface area contributed by atoms with E-state index in [0.717, 1.165) is 53.4 Å². The van der Waals surface area contributed by atoms with Crippen molar-refractivity contribution >= 4 is 23.0 Å². The number of nitrogens with one attached hydrogen (secondary N) is 1. The Balaban J connectivity index is 1.89. The summed E-state index contributed by atoms with van der Waals surface area (Å²) in [5, 5.41) is 7.29. The van der Waals surface area contributed by atoms with Gasteiger partial charge in [-0.2, -0.15) is 0 Å². The fourth-order valence-corrected chi connectivity index (χ4v) is 2.88. The average molecular weight is 302 g/mol. The van der Waals surface area contributed by atoms with Gasteiger partial charge in [-0.25, -0.2) is 4.98 Å². The number of pyridine rings is 1. The van der Waals surface area contributed by atoms with Crippen LogP contribution >= 0.6 is 12.2 Å². The summed E-state index contributed by atoms with van der Waals surface area (Å²) in [5.74, 6) is 1.57. The van der Waals surface area contributed by atoms with Gasteiger partial charge in [-0.3, -0.25) is 0 Å². The van der Waals surface area contributed by atoms with Crippen molar-refractivity contribution in [2.45, 2.75) is 39.7 Å². The number of thiocarbonyl (C=S) groups is 1. The fourth-order valence-electron chi connectivity index (χ4n) is 2.72. The predicted molar refractivity (Wildman–Crippen MR) is 85.5 cm³/mol. The van der Waals surface area contributed by atoms with Crippen molar-refractivity contribution in [2.24, 2.45) is 5.73 Å². The maximum Gasteiger partial charge on any atom is 0.138 e. The molecular formula is C15H18N4OS. The number of nitrogens with zero attached hydrogens (tertiary/aromatic N) is 2. The smallest absolute Gasteiger partial charge is 0.138 e. The highest BCUT2D eigenvalue weighted by Crippen LogP contribution is 2.26. The highest BCUT2D eigenvalue weighted by atomic mass is 32.1. The Bertz CT molecular complexity index is 688. The Morgan fingerprint density at radius 1 is 1.43 bits per heavy atom. The van der Waals surface area contributed by atoms with Crippen LogP contribution in [0, 0.1) is 13.8 Å². The summed E-state index contributed by atoms with van der Waals surface area (Å²) < 4.78 is 5.17. The van der Waals surface area contributed by atoms with Gasteiger partial charge in [0.25, 0.3) is 0 Å². The molecular weight excluding hydrogens is 284 g/mol. The van der Waals surface area contributed by atoms with Gasteiger partial charge < -0.3 is 15.6 Å². The van der Waals surface area contributed by atoms with Crippen LogP contribution in [-0.4, -0.2) is 15.1 Å². The number of hydrogen-bond donors (Lipinski definition) is 2. The molecule has 0 saturated heterocycles. The zero-order valence-electron chi connectivity index (χ0n) is 12.2. The molecule has 2 aromatic heterocycles. The molecule has 1 aliphatic carbocycles. The fraction of sp³-hybridized carbons (Fsp3) is 0.400. The second-order valence-corrected chi connectivity index (χ2v) is 5.80. The van der Waals surface area contributed by atoms with Crippen LogP contribution < -0.4 is 11.1 Å². The maximum absolute atomic E-state index is 5.84. The zero-order chi connectivity index (χ0) is 15.0. The number of rotatable bonds is 4. The van der Waals surface area contributed by atoms with E-state index in [1.54, 1.807) is 0 Å². The quantitative estimate of drug-likeness (QED) is 0.845. The lowest BCUT2D eigenvalue weighted by molar-refractivity contribution is 0.392. The van der Waals surface area contributed by atoms with E-state index >= 15 is 0 Å². The molecule has 2 heterocycles. The van der Waals surface area contributed by atoms with E-state index in [-0.39, 0.29) is 0 Å². The minimum atomic E-state index is 0.374. The molecule has 0 bridgehead atoms. The molecule has 0 aromatic carbocycles. The maximum atomic E-state index is 5.84. The first kappa shape index (κ1) is 14.0. The Hall–Kier alpha value is -1.95. The summed E-state index contributed by atoms with van der Waals surface area (Å²) in [7, 11) is 0. The molecule has 0 aliphatic heterocycles. The molecule has 21 heavy (non-hydrogen) atoms. The molecule has 2 aromatic rings. The number of anilines is 1. The molecule has 3 rings (SSSR count). The Morgan fingerprint density at radius 2 is 2.24 bits per heavy atom. The van der Waals surface area contributed by atoms with Gasteiger partial charge in [0, 0.05) is 17.8 Å². The summed E-state index contributed by atoms with van der Waals surface area (Å²) in [6, 6.07) is 2.08. The van der Waals surface area contributed by atoms with E-state index in [0.29, 0.717) is 11.5 Å². The van der Waals surface area contributed by atoms with Crippen LogP contribution in [0.3, 0.4) is 0 Å². The van der Waals surface area contributed by atoms with Gasteiger partial charge in [0.1, 0.15) is 16.6 Å². The van der Waals surface area contributed by atoms with Gasteiger partial charge in [0.05, 0.1) is 11.3 Å². The standard InChI is InChI=1S/C15H18N4OS/c1-8-12(9(2)20-19-8)7-17-15-11(14(16)21)6-10-4-3-5-13(10)18-15/h6H,3-5,7H2,1-2H3,(H2,16,21)(H,17,18). The number of fused-ring (bicyclic) bond motifs is 1. The summed E-state index contributed by atoms with van der Waals surface area (Å²) in [6.07, 6.45) is 3.22. The molecule has 0 fully saturated rings. The third-order valence-corrected chi connectivity index (χ3v) is 4.15. The summed E-state index contributed by atoms with van der Waals surface area (Å²) in [4.78, 5) is 5.08. The van der Waals surface area contributed by atoms with E-state index < -0.39 is 0 Å². The van der Waals surface area contributed by atoms with Gasteiger partial charge in [0.2, 0.25) is 0 Å². The summed E-state index contributed by atoms with van der Waals surface area (Å²) in [6.45, 7) is 4.43. The van der Waals surface area contributed by atoms with Crippen LogP contribution in [0.15, 0.2) is 10.6 Å². The largest absolute Gasteiger partial charge is 0.389 e. The van der Waals surface area contributed by atoms with Crippen molar-refractivity contribution < 1.29 is 4.52 Å². The molecule has 1 aliphatic rings. The monoisotopic (exact) mass is 302 g/mol. The van der Waals surface area contributed by atoms with Crippen LogP contribution in [0.5, 0.6) is 0 Å². The van der Waals surface area contributed by atoms with E-state index in [2.05, 4.69) is 16.5 Å². The van der Waals surface area contributed by atoms with E-state index in [9.17, 15) is 0 Å². The minimum Gasteiger partial charge on any atom is -0.389 e. The SMILES string of the molecule is Cc1noc(C)c1CNc1nc2c(cc1C(N)=S)CCC2. The molecule has 0 amide bonds. The van der Waals surface area contributed by atoms with Crippen molar-refractivity contribution in [1.29, 1.82) is 0 Å². The van der Waals surface area contributed by atoms with Crippen molar-refractivity contribution in [1.82, 2.24) is 10.1 Å². The van der Waals surface area contributed by atoms with E-state index in [1.165, 1.54) is 5.56 Å². The molecule has 110 valence electrons. The van der Waals surface area contributed by atoms with Crippen molar-refractivity contribution in [3.8, 4) is 0 Å². The first-order valence-corrected chi connectivity index (χ1v) is 7.45. The topological polar surface area (TPSA) is 77.0 Å². The first-order chi connectivity index (χ1) is 10.1. The molecule has 0 radical (unpaired) electrons. The van der Waals surface area contributed by atoms with E-state index in [4.69, 9.17) is 27.5 Å². The number of nitrogens with two attached hydrogens (primary N) is 1. The highest BCUT2D eigenvalue weighted by molar-refractivity contribution is 7.80. The lowest BCUT2D eigenvalue weighted by Gasteiger charge is -2.12. The van der Waals surface area contributed by atoms with Crippen molar-refractivity contribution in [2.75, 3.05) is 5.32 Å². The van der Waals surface area contributed by atoms with Crippen LogP contribution in [-0.2, 0) is 19.4 Å². The van der Waals surface area contributed by atoms with E-state index in [1.807, 2.05) is 13.8 Å². The van der Waals surface area contributed by atoms with Gasteiger partial charge in [0.15, 0.2) is 0 Å². The highest BCUT2D eigenvalue weighted by Gasteiger charge is 2.18. The minimum absolute atomic E-state index is 0.374. The van der Waals surface area contributed by atoms with Gasteiger partial charge in [-0.15, -0.1) is 0 Å². The molecule has 6 heteroatoms. The third-order valence-electron chi connectivity index (χ3n) is 3.93. The Morgan fingerprint density at radius 3 is 2.90 bits per heavy atom. The molecule has 0 spiro atoms. The van der Waals surface area contributed by atoms with Crippen LogP contribution in [0.2, 0.25) is 0 Å². The predicted octanol–water partition coefficient (Wildman–Crippen LogP) is 2.42. The molecule has 0 atom stereocenters. The summed E-state index contributed by atoms with van der Waals surface area (Å²) >= 11 is 5.15. The Labute approximate surface area is 128 Å². The molecule has 3 N–H and O–H groups in total. The normalized spacial score (nSPS) is 13.2. The van der Waals surface area contributed by atoms with Gasteiger partial charge in [-0.05, 0) is 44.7 Å². The summed E-state index contributed by atoms with van der Waals surface area (Å²) in [5.41, 5.74) is 11.0. The number of aromatic nitrogens is 2. The second-order valence-electron chi connectivity index (χ2n) is 5.36. The first-order valence-electron chi connectivity index (χ1n) is 7.04. The lowest BCUT2D eigenvalue weighted by atomic mass is 10.1. The lowest BCUT2D eigenvalue weighted by Crippen LogP contribution is -2.16. The Kier molecular flexibility index (Phi) is 3.63. The molecule has 5 nitrogen and oxygen atoms in total. The molecule has 0 unspecified atom stereocenters. The number of hydrogen-bond acceptors (Lipinski definition) is 5. The number of aryl methyl sites for hydroxylation is 4. The van der Waals surface area contributed by atoms with Crippen LogP contribution in [0.25, 0.3) is 0 Å². The zero-order valence-corrected chi connectivity index (χ0v) is 13.0. The average Bonchev–Trinajstić information content (AvgIpc) is 3.02. The van der Waals surface area contributed by atoms with Gasteiger partial charge >= 0.3 is 0 Å². The van der Waals surface area contributed by atoms with Crippen LogP contribution in [0.4, 0.5) is 5.82 Å². The van der Waals surface area contributed by atoms with Crippen LogP contribution in [0.1, 0.15) is 40.3 Å². The second kappa shape index (κ2) is 5.44. The van der Waals surface area contributed by atoms with Crippen molar-refractivity contribution in [3.63, 3.8) is 0 Å². The van der Waals surface area contributed by atoms with Crippen molar-refractivity contribution in [3.05, 3.63) is 39.9 Å². The third kappa shape index (κ3) is 2.63. The molecule has 0 saturated carbocycles.